The van der Waals surface area contributed by atoms with Crippen LogP contribution in [0.2, 0.25) is 0 Å². The zero-order valence-electron chi connectivity index (χ0n) is 70.8. The predicted molar refractivity (Wildman–Crippen MR) is 470 cm³/mol. The number of phenols is 1. The van der Waals surface area contributed by atoms with Gasteiger partial charge in [-0.15, -0.1) is 0 Å². The van der Waals surface area contributed by atoms with Gasteiger partial charge in [0.2, 0.25) is 106 Å². The summed E-state index contributed by atoms with van der Waals surface area (Å²) in [4.78, 5) is 276. The first kappa shape index (κ1) is 106. The van der Waals surface area contributed by atoms with Crippen LogP contribution in [0.25, 0.3) is 21.8 Å². The molecule has 0 saturated carbocycles. The van der Waals surface area contributed by atoms with E-state index in [1.54, 1.807) is 48.5 Å². The number of aromatic nitrogens is 2. The first-order valence-electron chi connectivity index (χ1n) is 40.9. The minimum atomic E-state index is -2.07. The number of carbonyl (C=O) groups is 20. The van der Waals surface area contributed by atoms with Gasteiger partial charge in [0.15, 0.2) is 5.96 Å². The maximum absolute atomic E-state index is 15.3. The topological polar surface area (TPSA) is 803 Å². The lowest BCUT2D eigenvalue weighted by Crippen LogP contribution is -2.61. The number of hydrogen-bond donors (Lipinski definition) is 29. The smallest absolute Gasteiger partial charge is 0.305 e. The van der Waals surface area contributed by atoms with E-state index in [-0.39, 0.29) is 56.0 Å². The number of aliphatic carboxylic acids is 2. The van der Waals surface area contributed by atoms with Gasteiger partial charge in [0.25, 0.3) is 0 Å². The lowest BCUT2D eigenvalue weighted by atomic mass is 10.0. The standard InChI is InChI=1S/C80H112N24O24S2/c1-40(105)93-59(38-129)78(126)98-51(19-22-61(82)107)71(119)103-58(33-67(114)115)77(125)101-56(31-43-35-91-48-12-5-3-10-46(43)48)76(124)97-52(20-23-62(83)108)73(121)104-60(39-130)79(127)99-54(29-41-15-17-44(106)18-16-41)74(122)100-55(30-42-34-90-47-11-4-2-9-45(42)47)75(123)95-50(14-8-26-89-80(86)87)70(118)96-53(21-24-66(112)113)72(120)102-57(32-63(84)109)69(117)92-36-64(110)88-27-28-128-37-65(111)94-49(68(85)116)13-6-7-25-81/h2-5,9-12,15-18,34-35,49-60,90-91,106,129-130H,6-8,13-14,19-33,36-39,81H2,1H3,(H2,82,107)(H2,83,108)(H2,84,109)(H2,85,116)(H,88,110)(H,92,117)(H,93,105)(H,94,111)(H,95,123)(H,96,118)(H,97,124)(H,98,126)(H,99,127)(H,100,122)(H,101,125)(H,102,120)(H,103,119)(H,104,121)(H,112,113)(H,114,115)(H4,86,87,89)/t49-,50+,51+,52+,53+,54+,55+,56+,57+,58+,59+,60+/m1/s1. The summed E-state index contributed by atoms with van der Waals surface area (Å²) in [5, 5.41) is 75.1. The first-order valence-corrected chi connectivity index (χ1v) is 42.1. The number of nitrogens with two attached hydrogens (primary N) is 6. The van der Waals surface area contributed by atoms with Crippen molar-refractivity contribution < 1.29 is 116 Å². The summed E-state index contributed by atoms with van der Waals surface area (Å²) in [6.07, 6.45) is -3.42. The van der Waals surface area contributed by atoms with Gasteiger partial charge in [-0.05, 0) is 98.9 Å². The number of nitrogens with one attached hydrogen (secondary N) is 18. The maximum Gasteiger partial charge on any atom is 0.305 e. The molecular formula is C80H112N24O24S2. The number of H-pyrrole nitrogens is 2. The van der Waals surface area contributed by atoms with Gasteiger partial charge < -0.3 is 144 Å². The Morgan fingerprint density at radius 3 is 1.25 bits per heavy atom. The molecule has 2 heterocycles. The second-order valence-corrected chi connectivity index (χ2v) is 30.6. The number of amides is 18. The van der Waals surface area contributed by atoms with Gasteiger partial charge in [0.1, 0.15) is 84.9 Å². The van der Waals surface area contributed by atoms with E-state index in [1.165, 1.54) is 36.7 Å². The van der Waals surface area contributed by atoms with Crippen molar-refractivity contribution in [3.8, 4) is 5.75 Å². The number of unbranched alkanes of at least 4 members (excludes halogenated alkanes) is 1. The Morgan fingerprint density at radius 1 is 0.408 bits per heavy atom. The number of guanidine groups is 1. The van der Waals surface area contributed by atoms with Crippen molar-refractivity contribution in [3.05, 3.63) is 102 Å². The summed E-state index contributed by atoms with van der Waals surface area (Å²) in [5.41, 5.74) is 34.9. The third-order valence-electron chi connectivity index (χ3n) is 19.6. The molecule has 130 heavy (non-hydrogen) atoms. The summed E-state index contributed by atoms with van der Waals surface area (Å²) in [6, 6.07) is -2.09. The summed E-state index contributed by atoms with van der Waals surface area (Å²) < 4.78 is 5.26. The van der Waals surface area contributed by atoms with E-state index in [9.17, 15) is 102 Å². The van der Waals surface area contributed by atoms with E-state index in [0.717, 1.165) is 6.92 Å². The number of carbonyl (C=O) groups excluding carboxylic acids is 18. The van der Waals surface area contributed by atoms with Crippen molar-refractivity contribution in [1.29, 1.82) is 5.41 Å². The molecule has 3 aromatic carbocycles. The molecule has 5 aromatic rings. The molecular weight excluding hydrogens is 1750 g/mol. The Bertz CT molecular complexity index is 4860. The molecule has 18 amide bonds. The molecule has 5 rings (SSSR count). The largest absolute Gasteiger partial charge is 0.508 e. The van der Waals surface area contributed by atoms with Crippen molar-refractivity contribution in [2.24, 2.45) is 34.4 Å². The van der Waals surface area contributed by atoms with E-state index >= 15 is 9.59 Å². The Labute approximate surface area is 754 Å². The first-order chi connectivity index (χ1) is 61.7. The number of aromatic hydroxyl groups is 1. The monoisotopic (exact) mass is 1860 g/mol. The van der Waals surface area contributed by atoms with Crippen molar-refractivity contribution in [1.82, 2.24) is 89.7 Å². The molecule has 12 atom stereocenters. The Kier molecular flexibility index (Phi) is 44.8. The number of para-hydroxylation sites is 2. The molecule has 33 N–H and O–H groups in total. The predicted octanol–water partition coefficient (Wildman–Crippen LogP) is -8.05. The number of hydrogen-bond acceptors (Lipinski definition) is 26. The van der Waals surface area contributed by atoms with Crippen LogP contribution in [0.4, 0.5) is 0 Å². The van der Waals surface area contributed by atoms with Gasteiger partial charge in [-0.3, -0.25) is 101 Å². The fourth-order valence-electron chi connectivity index (χ4n) is 12.9. The summed E-state index contributed by atoms with van der Waals surface area (Å²) in [6.45, 7) is -0.430. The third kappa shape index (κ3) is 37.8. The molecule has 50 heteroatoms. The average molecular weight is 1860 g/mol. The second-order valence-electron chi connectivity index (χ2n) is 29.8. The van der Waals surface area contributed by atoms with Crippen molar-refractivity contribution in [2.45, 2.75) is 182 Å². The Hall–Kier alpha value is -14.2. The van der Waals surface area contributed by atoms with E-state index in [1.807, 2.05) is 0 Å². The lowest BCUT2D eigenvalue weighted by Gasteiger charge is -2.28. The summed E-state index contributed by atoms with van der Waals surface area (Å²) >= 11 is 8.41. The molecule has 0 unspecified atom stereocenters. The van der Waals surface area contributed by atoms with Crippen molar-refractivity contribution in [2.75, 3.05) is 50.9 Å². The number of thiol groups is 2. The number of phenolic OH excluding ortho intramolecular Hbond substituents is 1. The molecule has 2 aromatic heterocycles. The number of rotatable bonds is 60. The van der Waals surface area contributed by atoms with Gasteiger partial charge in [-0.1, -0.05) is 48.5 Å². The second kappa shape index (κ2) is 54.8. The average Bonchev–Trinajstić information content (AvgIpc) is 1.66. The number of benzene rings is 3. The zero-order chi connectivity index (χ0) is 96.3. The van der Waals surface area contributed by atoms with Gasteiger partial charge in [0, 0.05) is 104 Å². The van der Waals surface area contributed by atoms with E-state index in [4.69, 9.17) is 44.5 Å². The van der Waals surface area contributed by atoms with Crippen LogP contribution in [-0.2, 0) is 120 Å². The molecule has 48 nitrogen and oxygen atoms in total. The number of ether oxygens (including phenoxy) is 1. The molecule has 0 aliphatic carbocycles. The molecule has 0 spiro atoms. The minimum absolute atomic E-state index is 0.0969. The Balaban J connectivity index is 1.44. The van der Waals surface area contributed by atoms with E-state index in [2.05, 4.69) is 115 Å². The Morgan fingerprint density at radius 2 is 0.815 bits per heavy atom. The SMILES string of the molecule is CC(=O)N[C@@H](CS)C(=O)N[C@@H](CCC(N)=O)C(=O)N[C@@H](CC(=O)O)C(=O)N[C@@H](Cc1c[nH]c2ccccc12)C(=O)N[C@@H](CCC(N)=O)C(=O)N[C@@H](CS)C(=O)N[C@@H](Cc1ccc(O)cc1)C(=O)N[C@@H](Cc1c[nH]c2ccccc12)C(=O)N[C@@H](CCCNC(=N)N)C(=O)N[C@@H](CCC(=O)O)C(=O)N[C@@H](CC(N)=O)C(=O)NCC(=O)NCCOCC(=O)N[C@H](CCCCN)C(N)=O. The number of carboxylic acids is 2. The van der Waals surface area contributed by atoms with Crippen LogP contribution in [0.15, 0.2) is 85.2 Å². The quantitative estimate of drug-likeness (QED) is 0.00744. The highest BCUT2D eigenvalue weighted by molar-refractivity contribution is 7.80. The van der Waals surface area contributed by atoms with Crippen molar-refractivity contribution in [3.63, 3.8) is 0 Å². The lowest BCUT2D eigenvalue weighted by molar-refractivity contribution is -0.141. The molecule has 0 fully saturated rings. The van der Waals surface area contributed by atoms with Crippen LogP contribution >= 0.6 is 25.3 Å². The molecule has 0 bridgehead atoms. The summed E-state index contributed by atoms with van der Waals surface area (Å²) in [7, 11) is 0. The molecule has 0 aliphatic heterocycles. The number of primary amides is 4. The van der Waals surface area contributed by atoms with Crippen LogP contribution < -0.4 is 114 Å². The van der Waals surface area contributed by atoms with Gasteiger partial charge >= 0.3 is 11.9 Å². The van der Waals surface area contributed by atoms with Gasteiger partial charge in [-0.25, -0.2) is 0 Å². The van der Waals surface area contributed by atoms with Crippen LogP contribution in [0, 0.1) is 5.41 Å². The fourth-order valence-corrected chi connectivity index (χ4v) is 13.4. The molecule has 0 radical (unpaired) electrons. The van der Waals surface area contributed by atoms with Gasteiger partial charge in [0.05, 0.1) is 26.0 Å². The molecule has 0 saturated heterocycles. The summed E-state index contributed by atoms with van der Waals surface area (Å²) in [5.74, 6) is -23.9. The maximum atomic E-state index is 15.3. The zero-order valence-corrected chi connectivity index (χ0v) is 72.5. The molecule has 708 valence electrons. The van der Waals surface area contributed by atoms with Gasteiger partial charge in [-0.2, -0.15) is 25.3 Å². The minimum Gasteiger partial charge on any atom is -0.508 e. The highest BCUT2D eigenvalue weighted by Gasteiger charge is 2.39. The number of fused-ring (bicyclic) bond motifs is 2. The highest BCUT2D eigenvalue weighted by Crippen LogP contribution is 2.23. The number of aromatic amines is 2. The fraction of sp³-hybridized carbons (Fsp3) is 0.463. The van der Waals surface area contributed by atoms with Crippen LogP contribution in [-0.4, -0.2) is 273 Å². The van der Waals surface area contributed by atoms with E-state index in [0.29, 0.717) is 52.3 Å². The van der Waals surface area contributed by atoms with Crippen LogP contribution in [0.5, 0.6) is 5.75 Å². The van der Waals surface area contributed by atoms with Crippen LogP contribution in [0.1, 0.15) is 107 Å². The third-order valence-corrected chi connectivity index (χ3v) is 20.3. The normalized spacial score (nSPS) is 13.8. The van der Waals surface area contributed by atoms with Crippen molar-refractivity contribution >= 4 is 171 Å². The van der Waals surface area contributed by atoms with E-state index < -0.39 is 286 Å². The highest BCUT2D eigenvalue weighted by atomic mass is 32.1. The number of carboxylic acid groups (broad SMARTS) is 2. The molecule has 0 aliphatic rings. The van der Waals surface area contributed by atoms with Crippen LogP contribution in [0.3, 0.4) is 0 Å².